The molecule has 0 atom stereocenters. The molecule has 0 saturated heterocycles. The molecule has 23 heavy (non-hydrogen) atoms. The molecule has 0 heterocycles. The van der Waals surface area contributed by atoms with Gasteiger partial charge in [0.2, 0.25) is 0 Å². The molecule has 2 aromatic rings. The third-order valence-electron chi connectivity index (χ3n) is 4.20. The maximum Gasteiger partial charge on any atom is 0.154 e. The zero-order chi connectivity index (χ0) is 16.9. The Labute approximate surface area is 141 Å². The van der Waals surface area contributed by atoms with Crippen LogP contribution in [0, 0.1) is 0 Å². The largest absolute Gasteiger partial charge is 0.295 e. The fourth-order valence-corrected chi connectivity index (χ4v) is 4.41. The Morgan fingerprint density at radius 1 is 1.00 bits per heavy atom. The van der Waals surface area contributed by atoms with E-state index in [9.17, 15) is 4.79 Å². The molecule has 0 fully saturated rings. The van der Waals surface area contributed by atoms with Crippen LogP contribution in [0.4, 0.5) is 0 Å². The summed E-state index contributed by atoms with van der Waals surface area (Å²) in [6.45, 7) is 8.96. The van der Waals surface area contributed by atoms with Crippen molar-refractivity contribution < 1.29 is 4.79 Å². The predicted octanol–water partition coefficient (Wildman–Crippen LogP) is 6.25. The summed E-state index contributed by atoms with van der Waals surface area (Å²) in [5.41, 5.74) is 1.14. The van der Waals surface area contributed by atoms with Crippen LogP contribution < -0.4 is 0 Å². The highest BCUT2D eigenvalue weighted by Crippen LogP contribution is 2.23. The number of Topliss-reactive ketones (excluding diaryl/α,β-unsaturated/α-hetero) is 1. The van der Waals surface area contributed by atoms with Crippen LogP contribution in [0.2, 0.25) is 19.6 Å². The lowest BCUT2D eigenvalue weighted by Gasteiger charge is -2.20. The van der Waals surface area contributed by atoms with Gasteiger partial charge in [0, 0.05) is 6.42 Å². The molecule has 0 N–H and O–H groups in total. The van der Waals surface area contributed by atoms with Crippen LogP contribution >= 0.6 is 0 Å². The van der Waals surface area contributed by atoms with Crippen molar-refractivity contribution in [3.8, 4) is 0 Å². The Morgan fingerprint density at radius 2 is 1.70 bits per heavy atom. The van der Waals surface area contributed by atoms with E-state index in [0.29, 0.717) is 12.2 Å². The summed E-state index contributed by atoms with van der Waals surface area (Å²) in [6, 6.07) is 14.8. The molecule has 0 aliphatic heterocycles. The van der Waals surface area contributed by atoms with Gasteiger partial charge in [-0.25, -0.2) is 0 Å². The molecule has 2 heteroatoms. The van der Waals surface area contributed by atoms with Crippen LogP contribution in [0.5, 0.6) is 0 Å². The molecular formula is C21H28OSi. The van der Waals surface area contributed by atoms with Crippen LogP contribution in [0.1, 0.15) is 38.2 Å². The summed E-state index contributed by atoms with van der Waals surface area (Å²) in [5, 5.41) is 3.55. The molecule has 2 aromatic carbocycles. The second-order valence-corrected chi connectivity index (χ2v) is 12.3. The molecule has 2 rings (SSSR count). The summed E-state index contributed by atoms with van der Waals surface area (Å²) in [5.74, 6) is 0.353. The average molecular weight is 325 g/mol. The Balaban J connectivity index is 2.33. The van der Waals surface area contributed by atoms with Gasteiger partial charge in [-0.1, -0.05) is 81.9 Å². The Morgan fingerprint density at radius 3 is 2.35 bits per heavy atom. The third-order valence-corrected chi connectivity index (χ3v) is 6.24. The first-order chi connectivity index (χ1) is 10.9. The molecule has 0 aromatic heterocycles. The molecule has 0 aliphatic rings. The van der Waals surface area contributed by atoms with Crippen LogP contribution in [0.15, 0.2) is 47.7 Å². The molecule has 0 unspecified atom stereocenters. The lowest BCUT2D eigenvalue weighted by Crippen LogP contribution is -2.29. The van der Waals surface area contributed by atoms with Crippen molar-refractivity contribution in [2.75, 3.05) is 0 Å². The van der Waals surface area contributed by atoms with E-state index < -0.39 is 8.07 Å². The van der Waals surface area contributed by atoms with E-state index in [4.69, 9.17) is 0 Å². The number of hydrogen-bond acceptors (Lipinski definition) is 1. The number of hydrogen-bond donors (Lipinski definition) is 0. The van der Waals surface area contributed by atoms with Crippen molar-refractivity contribution in [3.05, 3.63) is 53.2 Å². The Bertz CT molecular complexity index is 707. The topological polar surface area (TPSA) is 17.1 Å². The van der Waals surface area contributed by atoms with E-state index in [1.807, 2.05) is 0 Å². The summed E-state index contributed by atoms with van der Waals surface area (Å²) in [4.78, 5) is 12.7. The molecule has 0 amide bonds. The summed E-state index contributed by atoms with van der Waals surface area (Å²) >= 11 is 0. The van der Waals surface area contributed by atoms with E-state index in [1.54, 1.807) is 0 Å². The lowest BCUT2D eigenvalue weighted by atomic mass is 10.1. The van der Waals surface area contributed by atoms with Crippen LogP contribution in [-0.2, 0) is 4.79 Å². The molecule has 0 saturated carbocycles. The van der Waals surface area contributed by atoms with Crippen LogP contribution in [-0.4, -0.2) is 13.9 Å². The average Bonchev–Trinajstić information content (AvgIpc) is 2.51. The lowest BCUT2D eigenvalue weighted by molar-refractivity contribution is -0.115. The van der Waals surface area contributed by atoms with Crippen molar-refractivity contribution in [2.24, 2.45) is 0 Å². The number of rotatable bonds is 7. The zero-order valence-electron chi connectivity index (χ0n) is 14.9. The number of benzene rings is 2. The zero-order valence-corrected chi connectivity index (χ0v) is 15.9. The van der Waals surface area contributed by atoms with Crippen LogP contribution in [0.25, 0.3) is 16.8 Å². The molecule has 0 radical (unpaired) electrons. The van der Waals surface area contributed by atoms with Crippen molar-refractivity contribution >= 4 is 30.7 Å². The minimum Gasteiger partial charge on any atom is -0.295 e. The minimum atomic E-state index is -1.65. The first-order valence-electron chi connectivity index (χ1n) is 8.66. The number of carbonyl (C=O) groups excluding carboxylic acids is 1. The van der Waals surface area contributed by atoms with Gasteiger partial charge < -0.3 is 0 Å². The van der Waals surface area contributed by atoms with Gasteiger partial charge in [-0.2, -0.15) is 0 Å². The van der Waals surface area contributed by atoms with Crippen molar-refractivity contribution in [2.45, 2.75) is 52.2 Å². The highest BCUT2D eigenvalue weighted by molar-refractivity contribution is 6.88. The van der Waals surface area contributed by atoms with Gasteiger partial charge in [0.1, 0.15) is 0 Å². The van der Waals surface area contributed by atoms with E-state index in [2.05, 4.69) is 75.1 Å². The third kappa shape index (κ3) is 4.90. The van der Waals surface area contributed by atoms with Crippen LogP contribution in [0.3, 0.4) is 0 Å². The molecular weight excluding hydrogens is 296 g/mol. The fraction of sp³-hybridized carbons (Fsp3) is 0.381. The SMILES string of the molecule is CCCCCC(=O)/C(=C\c1ccc2ccccc2c1)[Si](C)(C)C. The molecule has 0 aliphatic carbocycles. The molecule has 122 valence electrons. The smallest absolute Gasteiger partial charge is 0.154 e. The van der Waals surface area contributed by atoms with E-state index >= 15 is 0 Å². The Kier molecular flexibility index (Phi) is 5.95. The van der Waals surface area contributed by atoms with Gasteiger partial charge in [0.05, 0.1) is 8.07 Å². The van der Waals surface area contributed by atoms with Gasteiger partial charge in [-0.3, -0.25) is 4.79 Å². The highest BCUT2D eigenvalue weighted by atomic mass is 28.3. The molecule has 0 spiro atoms. The second kappa shape index (κ2) is 7.74. The van der Waals surface area contributed by atoms with Crippen molar-refractivity contribution in [1.29, 1.82) is 0 Å². The summed E-state index contributed by atoms with van der Waals surface area (Å²) in [7, 11) is -1.65. The quantitative estimate of drug-likeness (QED) is 0.334. The van der Waals surface area contributed by atoms with E-state index in [-0.39, 0.29) is 0 Å². The Hall–Kier alpha value is -1.67. The van der Waals surface area contributed by atoms with Crippen molar-refractivity contribution in [3.63, 3.8) is 0 Å². The standard InChI is InChI=1S/C21H28OSi/c1-5-6-7-12-20(22)21(23(2,3)4)16-17-13-14-18-10-8-9-11-19(18)15-17/h8-11,13-16H,5-7,12H2,1-4H3/b21-16+. The number of allylic oxidation sites excluding steroid dienone is 1. The summed E-state index contributed by atoms with van der Waals surface area (Å²) in [6.07, 6.45) is 6.14. The second-order valence-electron chi connectivity index (χ2n) is 7.29. The number of fused-ring (bicyclic) bond motifs is 1. The maximum absolute atomic E-state index is 12.7. The van der Waals surface area contributed by atoms with E-state index in [1.165, 1.54) is 10.8 Å². The number of carbonyl (C=O) groups is 1. The van der Waals surface area contributed by atoms with Gasteiger partial charge in [0.25, 0.3) is 0 Å². The monoisotopic (exact) mass is 324 g/mol. The molecule has 0 bridgehead atoms. The highest BCUT2D eigenvalue weighted by Gasteiger charge is 2.25. The molecule has 1 nitrogen and oxygen atoms in total. The fourth-order valence-electron chi connectivity index (χ4n) is 2.85. The summed E-state index contributed by atoms with van der Waals surface area (Å²) < 4.78 is 0. The number of unbranched alkanes of at least 4 members (excludes halogenated alkanes) is 2. The van der Waals surface area contributed by atoms with Gasteiger partial charge in [-0.05, 0) is 34.0 Å². The van der Waals surface area contributed by atoms with Crippen molar-refractivity contribution in [1.82, 2.24) is 0 Å². The van der Waals surface area contributed by atoms with E-state index in [0.717, 1.165) is 30.0 Å². The normalized spacial score (nSPS) is 12.6. The minimum absolute atomic E-state index is 0.353. The maximum atomic E-state index is 12.7. The van der Waals surface area contributed by atoms with Gasteiger partial charge in [0.15, 0.2) is 5.78 Å². The van der Waals surface area contributed by atoms with Gasteiger partial charge in [-0.15, -0.1) is 0 Å². The first-order valence-corrected chi connectivity index (χ1v) is 12.2. The van der Waals surface area contributed by atoms with Gasteiger partial charge >= 0.3 is 0 Å². The first kappa shape index (κ1) is 17.7. The number of ketones is 1. The predicted molar refractivity (Wildman–Crippen MR) is 104 cm³/mol.